The number of rotatable bonds is 6. The number of hydrogen-bond donors (Lipinski definition) is 2. The van der Waals surface area contributed by atoms with Crippen LogP contribution >= 0.6 is 22.7 Å². The lowest BCUT2D eigenvalue weighted by Crippen LogP contribution is -2.27. The fraction of sp³-hybridized carbons (Fsp3) is 0.143. The lowest BCUT2D eigenvalue weighted by atomic mass is 10.3. The van der Waals surface area contributed by atoms with E-state index in [0.717, 1.165) is 16.0 Å². The Morgan fingerprint density at radius 1 is 1.16 bits per heavy atom. The van der Waals surface area contributed by atoms with Gasteiger partial charge in [-0.1, -0.05) is 29.5 Å². The van der Waals surface area contributed by atoms with E-state index >= 15 is 0 Å². The van der Waals surface area contributed by atoms with E-state index in [9.17, 15) is 9.59 Å². The number of amides is 3. The molecule has 0 aliphatic carbocycles. The molecule has 8 nitrogen and oxygen atoms in total. The maximum absolute atomic E-state index is 12.5. The molecular formula is C21H17N5O3S2. The number of carbonyl (C=O) groups excluding carboxylic acids is 2. The van der Waals surface area contributed by atoms with Crippen molar-refractivity contribution in [2.75, 3.05) is 23.3 Å². The third-order valence-corrected chi connectivity index (χ3v) is 6.40. The molecule has 0 atom stereocenters. The molecule has 156 valence electrons. The molecule has 2 aromatic heterocycles. The van der Waals surface area contributed by atoms with Gasteiger partial charge in [0, 0.05) is 24.5 Å². The third kappa shape index (κ3) is 4.35. The predicted octanol–water partition coefficient (Wildman–Crippen LogP) is 4.26. The number of para-hydroxylation sites is 1. The maximum Gasteiger partial charge on any atom is 0.323 e. The Kier molecular flexibility index (Phi) is 5.23. The van der Waals surface area contributed by atoms with Crippen LogP contribution in [0, 0.1) is 0 Å². The molecule has 10 heteroatoms. The monoisotopic (exact) mass is 451 g/mol. The van der Waals surface area contributed by atoms with Crippen molar-refractivity contribution in [3.8, 4) is 11.5 Å². The molecule has 1 fully saturated rings. The molecule has 2 aromatic carbocycles. The molecule has 4 aromatic rings. The van der Waals surface area contributed by atoms with Gasteiger partial charge in [-0.25, -0.2) is 14.8 Å². The number of benzene rings is 2. The number of aromatic nitrogens is 2. The van der Waals surface area contributed by atoms with Gasteiger partial charge in [-0.15, -0.1) is 11.3 Å². The molecule has 1 saturated heterocycles. The number of nitrogens with one attached hydrogen (secondary N) is 2. The van der Waals surface area contributed by atoms with Gasteiger partial charge in [0.15, 0.2) is 10.3 Å². The van der Waals surface area contributed by atoms with Crippen LogP contribution in [-0.2, 0) is 11.2 Å². The van der Waals surface area contributed by atoms with Gasteiger partial charge in [-0.05, 0) is 24.3 Å². The Hall–Kier alpha value is -3.50. The average molecular weight is 452 g/mol. The molecule has 0 unspecified atom stereocenters. The second-order valence-electron chi connectivity index (χ2n) is 6.79. The second-order valence-corrected chi connectivity index (χ2v) is 8.66. The van der Waals surface area contributed by atoms with Gasteiger partial charge in [-0.3, -0.25) is 9.69 Å². The number of ether oxygens (including phenoxy) is 1. The summed E-state index contributed by atoms with van der Waals surface area (Å²) in [5, 5.41) is 8.49. The second kappa shape index (κ2) is 8.32. The van der Waals surface area contributed by atoms with Gasteiger partial charge in [0.25, 0.3) is 0 Å². The van der Waals surface area contributed by atoms with Crippen LogP contribution in [0.25, 0.3) is 10.2 Å². The van der Waals surface area contributed by atoms with Gasteiger partial charge in [-0.2, -0.15) is 0 Å². The summed E-state index contributed by atoms with van der Waals surface area (Å²) in [6.45, 7) is 1.18. The Morgan fingerprint density at radius 3 is 2.84 bits per heavy atom. The van der Waals surface area contributed by atoms with Crippen molar-refractivity contribution in [2.45, 2.75) is 6.42 Å². The van der Waals surface area contributed by atoms with Crippen LogP contribution in [0.4, 0.5) is 15.1 Å². The van der Waals surface area contributed by atoms with Crippen molar-refractivity contribution in [3.63, 3.8) is 0 Å². The van der Waals surface area contributed by atoms with Gasteiger partial charge in [0.05, 0.1) is 22.3 Å². The first-order valence-corrected chi connectivity index (χ1v) is 11.3. The number of hydrogen-bond acceptors (Lipinski definition) is 7. The van der Waals surface area contributed by atoms with Crippen molar-refractivity contribution in [3.05, 3.63) is 59.6 Å². The number of anilines is 2. The van der Waals surface area contributed by atoms with Crippen molar-refractivity contribution >= 4 is 55.1 Å². The first-order valence-electron chi connectivity index (χ1n) is 9.57. The standard InChI is InChI=1S/C21H17N5O3S2/c27-18(10-13-12-30-21(23-13)26-9-8-22-20(26)28)25-19-24-16-7-6-15(11-17(16)31-19)29-14-4-2-1-3-5-14/h1-7,11-12H,8-10H2,(H,22,28)(H,24,25,27). The minimum absolute atomic E-state index is 0.115. The van der Waals surface area contributed by atoms with E-state index in [1.807, 2.05) is 48.5 Å². The minimum Gasteiger partial charge on any atom is -0.457 e. The largest absolute Gasteiger partial charge is 0.457 e. The third-order valence-electron chi connectivity index (χ3n) is 4.55. The average Bonchev–Trinajstić information content (AvgIpc) is 3.48. The molecule has 0 spiro atoms. The van der Waals surface area contributed by atoms with Gasteiger partial charge in [0.1, 0.15) is 11.5 Å². The minimum atomic E-state index is -0.206. The van der Waals surface area contributed by atoms with E-state index in [0.29, 0.717) is 34.8 Å². The maximum atomic E-state index is 12.5. The Bertz CT molecular complexity index is 1250. The molecule has 1 aliphatic heterocycles. The summed E-state index contributed by atoms with van der Waals surface area (Å²) in [5.74, 6) is 1.26. The fourth-order valence-corrected chi connectivity index (χ4v) is 4.89. The highest BCUT2D eigenvalue weighted by molar-refractivity contribution is 7.22. The van der Waals surface area contributed by atoms with E-state index < -0.39 is 0 Å². The summed E-state index contributed by atoms with van der Waals surface area (Å²) in [7, 11) is 0. The van der Waals surface area contributed by atoms with E-state index in [1.165, 1.54) is 22.7 Å². The van der Waals surface area contributed by atoms with Gasteiger partial charge in [0.2, 0.25) is 5.91 Å². The molecule has 31 heavy (non-hydrogen) atoms. The van der Waals surface area contributed by atoms with E-state index in [2.05, 4.69) is 20.6 Å². The number of carbonyl (C=O) groups is 2. The van der Waals surface area contributed by atoms with Gasteiger partial charge < -0.3 is 15.4 Å². The van der Waals surface area contributed by atoms with Gasteiger partial charge >= 0.3 is 6.03 Å². The molecule has 5 rings (SSSR count). The Morgan fingerprint density at radius 2 is 2.03 bits per heavy atom. The first kappa shape index (κ1) is 19.5. The molecule has 2 N–H and O–H groups in total. The highest BCUT2D eigenvalue weighted by Crippen LogP contribution is 2.31. The number of fused-ring (bicyclic) bond motifs is 1. The molecular weight excluding hydrogens is 434 g/mol. The molecule has 0 radical (unpaired) electrons. The zero-order chi connectivity index (χ0) is 21.2. The summed E-state index contributed by atoms with van der Waals surface area (Å²) in [5.41, 5.74) is 1.41. The quantitative estimate of drug-likeness (QED) is 0.457. The molecule has 0 bridgehead atoms. The number of urea groups is 1. The molecule has 0 saturated carbocycles. The number of thiazole rings is 2. The molecule has 3 heterocycles. The zero-order valence-electron chi connectivity index (χ0n) is 16.2. The van der Waals surface area contributed by atoms with Crippen molar-refractivity contribution < 1.29 is 14.3 Å². The fourth-order valence-electron chi connectivity index (χ4n) is 3.13. The van der Waals surface area contributed by atoms with E-state index in [1.54, 1.807) is 10.3 Å². The van der Waals surface area contributed by atoms with Crippen molar-refractivity contribution in [1.82, 2.24) is 15.3 Å². The normalized spacial score (nSPS) is 13.4. The van der Waals surface area contributed by atoms with E-state index in [-0.39, 0.29) is 18.4 Å². The SMILES string of the molecule is O=C(Cc1csc(N2CCNC2=O)n1)Nc1nc2ccc(Oc3ccccc3)cc2s1. The van der Waals surface area contributed by atoms with Crippen molar-refractivity contribution in [1.29, 1.82) is 0 Å². The van der Waals surface area contributed by atoms with Crippen LogP contribution in [0.5, 0.6) is 11.5 Å². The van der Waals surface area contributed by atoms with Crippen LogP contribution in [0.15, 0.2) is 53.9 Å². The highest BCUT2D eigenvalue weighted by Gasteiger charge is 2.24. The van der Waals surface area contributed by atoms with Crippen LogP contribution < -0.4 is 20.3 Å². The van der Waals surface area contributed by atoms with E-state index in [4.69, 9.17) is 4.74 Å². The molecule has 1 aliphatic rings. The van der Waals surface area contributed by atoms with Crippen LogP contribution in [0.3, 0.4) is 0 Å². The van der Waals surface area contributed by atoms with Crippen LogP contribution in [0.2, 0.25) is 0 Å². The lowest BCUT2D eigenvalue weighted by Gasteiger charge is -2.08. The number of nitrogens with zero attached hydrogens (tertiary/aromatic N) is 3. The topological polar surface area (TPSA) is 96.5 Å². The summed E-state index contributed by atoms with van der Waals surface area (Å²) in [6.07, 6.45) is 0.115. The first-order chi connectivity index (χ1) is 15.1. The zero-order valence-corrected chi connectivity index (χ0v) is 17.8. The lowest BCUT2D eigenvalue weighted by molar-refractivity contribution is -0.115. The predicted molar refractivity (Wildman–Crippen MR) is 121 cm³/mol. The highest BCUT2D eigenvalue weighted by atomic mass is 32.1. The van der Waals surface area contributed by atoms with Crippen molar-refractivity contribution in [2.24, 2.45) is 0 Å². The summed E-state index contributed by atoms with van der Waals surface area (Å²) in [6, 6.07) is 15.0. The summed E-state index contributed by atoms with van der Waals surface area (Å²) in [4.78, 5) is 34.7. The molecule has 3 amide bonds. The van der Waals surface area contributed by atoms with Crippen LogP contribution in [0.1, 0.15) is 5.69 Å². The smallest absolute Gasteiger partial charge is 0.323 e. The summed E-state index contributed by atoms with van der Waals surface area (Å²) >= 11 is 2.74. The summed E-state index contributed by atoms with van der Waals surface area (Å²) < 4.78 is 6.78. The van der Waals surface area contributed by atoms with Crippen LogP contribution in [-0.4, -0.2) is 35.0 Å². The Balaban J connectivity index is 1.24. The Labute approximate surface area is 185 Å².